The highest BCUT2D eigenvalue weighted by molar-refractivity contribution is 7.99. The minimum Gasteiger partial charge on any atom is -0.477 e. The molecule has 128 valence electrons. The van der Waals surface area contributed by atoms with Crippen LogP contribution in [0.15, 0.2) is 40.7 Å². The first kappa shape index (κ1) is 16.8. The van der Waals surface area contributed by atoms with Gasteiger partial charge in [-0.1, -0.05) is 11.6 Å². The number of nitrogens with two attached hydrogens (primary N) is 1. The summed E-state index contributed by atoms with van der Waals surface area (Å²) in [6.07, 6.45) is 2.65. The maximum Gasteiger partial charge on any atom is 0.352 e. The summed E-state index contributed by atoms with van der Waals surface area (Å²) in [5, 5.41) is 19.4. The van der Waals surface area contributed by atoms with Crippen LogP contribution in [0, 0.1) is 11.8 Å². The number of carbonyl (C=O) groups excluding carboxylic acids is 1. The molecule has 4 atom stereocenters. The molecule has 2 aliphatic rings. The Kier molecular flexibility index (Phi) is 4.27. The van der Waals surface area contributed by atoms with Gasteiger partial charge in [0.1, 0.15) is 5.70 Å². The summed E-state index contributed by atoms with van der Waals surface area (Å²) in [6.45, 7) is 3.50. The second-order valence-corrected chi connectivity index (χ2v) is 7.25. The molecule has 7 nitrogen and oxygen atoms in total. The van der Waals surface area contributed by atoms with Gasteiger partial charge in [-0.05, 0) is 12.5 Å². The maximum absolute atomic E-state index is 12.2. The van der Waals surface area contributed by atoms with E-state index in [-0.39, 0.29) is 23.6 Å². The first-order valence-corrected chi connectivity index (χ1v) is 8.68. The number of carbonyl (C=O) groups is 2. The van der Waals surface area contributed by atoms with Gasteiger partial charge < -0.3 is 15.1 Å². The molecule has 0 spiro atoms. The van der Waals surface area contributed by atoms with E-state index in [0.717, 1.165) is 10.5 Å². The van der Waals surface area contributed by atoms with Crippen molar-refractivity contribution in [3.63, 3.8) is 0 Å². The number of aliphatic hydroxyl groups is 1. The predicted octanol–water partition coefficient (Wildman–Crippen LogP) is -0.0238. The van der Waals surface area contributed by atoms with Gasteiger partial charge in [-0.15, -0.1) is 11.8 Å². The van der Waals surface area contributed by atoms with Gasteiger partial charge in [-0.2, -0.15) is 0 Å². The number of nitrogen functional groups attached to an aromatic ring is 1. The number of aliphatic carboxylic acids is 1. The fourth-order valence-electron chi connectivity index (χ4n) is 3.52. The van der Waals surface area contributed by atoms with Crippen LogP contribution in [0.25, 0.3) is 0 Å². The van der Waals surface area contributed by atoms with Crippen molar-refractivity contribution >= 4 is 23.6 Å². The van der Waals surface area contributed by atoms with E-state index in [1.54, 1.807) is 19.3 Å². The summed E-state index contributed by atoms with van der Waals surface area (Å²) in [5.74, 6) is 4.05. The molecule has 0 radical (unpaired) electrons. The van der Waals surface area contributed by atoms with Gasteiger partial charge in [0.25, 0.3) is 0 Å². The Morgan fingerprint density at radius 2 is 2.08 bits per heavy atom. The Labute approximate surface area is 143 Å². The second-order valence-electron chi connectivity index (χ2n) is 6.20. The third-order valence-electron chi connectivity index (χ3n) is 4.73. The van der Waals surface area contributed by atoms with Gasteiger partial charge >= 0.3 is 5.97 Å². The molecule has 0 aliphatic carbocycles. The van der Waals surface area contributed by atoms with Crippen molar-refractivity contribution in [1.82, 2.24) is 4.90 Å². The number of amides is 1. The summed E-state index contributed by atoms with van der Waals surface area (Å²) in [4.78, 5) is 26.2. The standard InChI is InChI=1S/C16H19N3O4S/c1-8-11(7-24-10-3-5-18(17)6-4-10)14(16(22)23)19-13(8)12(9(2)20)15(19)21/h3-6,8-9,12-13,20H,7,17H2,1-2H3/p+1/t8-,9+,12+,13+/m0/s1. The SMILES string of the molecule is C[C@@H](O)[C@H]1C(=O)N2C(C(=O)O)=C(CSc3cc[n+](N)cc3)[C@H](C)[C@H]12. The topological polar surface area (TPSA) is 108 Å². The van der Waals surface area contributed by atoms with E-state index in [9.17, 15) is 19.8 Å². The lowest BCUT2D eigenvalue weighted by Crippen LogP contribution is -2.63. The molecule has 1 amide bonds. The number of thioether (sulfide) groups is 1. The van der Waals surface area contributed by atoms with Crippen LogP contribution < -0.4 is 10.5 Å². The van der Waals surface area contributed by atoms with E-state index in [0.29, 0.717) is 5.75 Å². The molecule has 24 heavy (non-hydrogen) atoms. The summed E-state index contributed by atoms with van der Waals surface area (Å²) in [6, 6.07) is 3.44. The largest absolute Gasteiger partial charge is 0.477 e. The Bertz CT molecular complexity index is 717. The van der Waals surface area contributed by atoms with Crippen LogP contribution in [-0.4, -0.2) is 44.9 Å². The first-order valence-electron chi connectivity index (χ1n) is 7.69. The Morgan fingerprint density at radius 1 is 1.46 bits per heavy atom. The molecule has 1 aromatic heterocycles. The van der Waals surface area contributed by atoms with E-state index in [2.05, 4.69) is 0 Å². The van der Waals surface area contributed by atoms with Crippen LogP contribution in [0.5, 0.6) is 0 Å². The molecule has 2 aliphatic heterocycles. The number of hydrogen-bond donors (Lipinski definition) is 3. The van der Waals surface area contributed by atoms with Crippen LogP contribution in [0.1, 0.15) is 13.8 Å². The van der Waals surface area contributed by atoms with E-state index in [4.69, 9.17) is 5.84 Å². The predicted molar refractivity (Wildman–Crippen MR) is 87.1 cm³/mol. The van der Waals surface area contributed by atoms with Gasteiger partial charge in [0, 0.05) is 28.7 Å². The Balaban J connectivity index is 1.84. The number of β-lactam (4-membered cyclic amide) rings is 1. The van der Waals surface area contributed by atoms with Crippen molar-refractivity contribution in [2.45, 2.75) is 30.9 Å². The van der Waals surface area contributed by atoms with Gasteiger partial charge in [-0.3, -0.25) is 4.79 Å². The van der Waals surface area contributed by atoms with E-state index >= 15 is 0 Å². The Hall–Kier alpha value is -2.06. The average molecular weight is 350 g/mol. The average Bonchev–Trinajstić information content (AvgIpc) is 2.76. The first-order chi connectivity index (χ1) is 11.3. The monoisotopic (exact) mass is 350 g/mol. The summed E-state index contributed by atoms with van der Waals surface area (Å²) in [7, 11) is 0. The molecule has 3 rings (SSSR count). The zero-order chi connectivity index (χ0) is 17.6. The van der Waals surface area contributed by atoms with Gasteiger partial charge in [0.15, 0.2) is 12.4 Å². The zero-order valence-corrected chi connectivity index (χ0v) is 14.2. The lowest BCUT2D eigenvalue weighted by Gasteiger charge is -2.46. The molecule has 1 fully saturated rings. The fourth-order valence-corrected chi connectivity index (χ4v) is 4.55. The smallest absolute Gasteiger partial charge is 0.352 e. The molecule has 3 heterocycles. The number of hydrogen-bond acceptors (Lipinski definition) is 5. The lowest BCUT2D eigenvalue weighted by molar-refractivity contribution is -0.639. The number of carboxylic acid groups (broad SMARTS) is 1. The minimum atomic E-state index is -1.09. The number of aliphatic hydroxyl groups excluding tert-OH is 1. The van der Waals surface area contributed by atoms with Crippen LogP contribution in [0.3, 0.4) is 0 Å². The normalized spacial score (nSPS) is 27.0. The Morgan fingerprint density at radius 3 is 2.62 bits per heavy atom. The van der Waals surface area contributed by atoms with Crippen molar-refractivity contribution in [1.29, 1.82) is 0 Å². The highest BCUT2D eigenvalue weighted by Gasteiger charge is 2.59. The van der Waals surface area contributed by atoms with Gasteiger partial charge in [0.2, 0.25) is 5.91 Å². The fraction of sp³-hybridized carbons (Fsp3) is 0.438. The minimum absolute atomic E-state index is 0.0757. The van der Waals surface area contributed by atoms with Crippen LogP contribution >= 0.6 is 11.8 Å². The molecule has 8 heteroatoms. The summed E-state index contributed by atoms with van der Waals surface area (Å²) >= 11 is 1.50. The van der Waals surface area contributed by atoms with E-state index in [1.165, 1.54) is 21.3 Å². The molecule has 0 saturated carbocycles. The molecule has 1 saturated heterocycles. The van der Waals surface area contributed by atoms with Gasteiger partial charge in [-0.25, -0.2) is 10.6 Å². The number of pyridine rings is 1. The van der Waals surface area contributed by atoms with Crippen molar-refractivity contribution in [2.75, 3.05) is 11.6 Å². The maximum atomic E-state index is 12.2. The highest BCUT2D eigenvalue weighted by atomic mass is 32.2. The molecule has 0 aromatic carbocycles. The lowest BCUT2D eigenvalue weighted by atomic mass is 9.78. The highest BCUT2D eigenvalue weighted by Crippen LogP contribution is 2.48. The van der Waals surface area contributed by atoms with E-state index < -0.39 is 18.0 Å². The second kappa shape index (κ2) is 6.10. The van der Waals surface area contributed by atoms with Gasteiger partial charge in [0.05, 0.1) is 18.1 Å². The third-order valence-corrected chi connectivity index (χ3v) is 5.80. The zero-order valence-electron chi connectivity index (χ0n) is 13.4. The molecule has 4 N–H and O–H groups in total. The van der Waals surface area contributed by atoms with E-state index in [1.807, 2.05) is 19.1 Å². The number of carboxylic acids is 1. The molecule has 0 unspecified atom stereocenters. The van der Waals surface area contributed by atoms with Crippen LogP contribution in [-0.2, 0) is 9.59 Å². The molecular formula is C16H20N3O4S+. The van der Waals surface area contributed by atoms with Crippen molar-refractivity contribution < 1.29 is 24.5 Å². The number of aromatic nitrogens is 1. The molecule has 0 bridgehead atoms. The van der Waals surface area contributed by atoms with Crippen LogP contribution in [0.4, 0.5) is 0 Å². The quantitative estimate of drug-likeness (QED) is 0.298. The van der Waals surface area contributed by atoms with Crippen LogP contribution in [0.2, 0.25) is 0 Å². The number of nitrogens with zero attached hydrogens (tertiary/aromatic N) is 2. The van der Waals surface area contributed by atoms with Crippen molar-refractivity contribution in [2.24, 2.45) is 11.8 Å². The number of fused-ring (bicyclic) bond motifs is 1. The number of rotatable bonds is 5. The molecule has 1 aromatic rings. The van der Waals surface area contributed by atoms with Crippen molar-refractivity contribution in [3.05, 3.63) is 35.8 Å². The van der Waals surface area contributed by atoms with Crippen molar-refractivity contribution in [3.8, 4) is 0 Å². The summed E-state index contributed by atoms with van der Waals surface area (Å²) in [5.41, 5.74) is 0.810. The molecular weight excluding hydrogens is 330 g/mol. The third kappa shape index (κ3) is 2.55. The summed E-state index contributed by atoms with van der Waals surface area (Å²) < 4.78 is 1.43.